The van der Waals surface area contributed by atoms with Gasteiger partial charge in [-0.3, -0.25) is 4.90 Å². The van der Waals surface area contributed by atoms with Crippen LogP contribution in [0.25, 0.3) is 5.65 Å². The molecule has 1 N–H and O–H groups in total. The van der Waals surface area contributed by atoms with Gasteiger partial charge < -0.3 is 14.5 Å². The molecule has 1 amide bonds. The summed E-state index contributed by atoms with van der Waals surface area (Å²) in [5.41, 5.74) is 1.27. The van der Waals surface area contributed by atoms with Crippen molar-refractivity contribution in [2.45, 2.75) is 32.4 Å². The molecule has 2 aromatic rings. The van der Waals surface area contributed by atoms with Crippen molar-refractivity contribution in [1.82, 2.24) is 19.6 Å². The topological polar surface area (TPSA) is 58.9 Å². The van der Waals surface area contributed by atoms with Crippen LogP contribution in [-0.4, -0.2) is 45.6 Å². The lowest BCUT2D eigenvalue weighted by molar-refractivity contribution is 0.0114. The van der Waals surface area contributed by atoms with E-state index in [2.05, 4.69) is 10.3 Å². The Morgan fingerprint density at radius 2 is 2.23 bits per heavy atom. The Morgan fingerprint density at radius 1 is 1.41 bits per heavy atom. The van der Waals surface area contributed by atoms with E-state index >= 15 is 0 Å². The van der Waals surface area contributed by atoms with Gasteiger partial charge in [0.05, 0.1) is 11.7 Å². The Kier molecular flexibility index (Phi) is 3.78. The summed E-state index contributed by atoms with van der Waals surface area (Å²) < 4.78 is 7.50. The van der Waals surface area contributed by atoms with Gasteiger partial charge in [0.25, 0.3) is 0 Å². The summed E-state index contributed by atoms with van der Waals surface area (Å²) in [6.45, 7) is 7.72. The van der Waals surface area contributed by atoms with Crippen LogP contribution >= 0.6 is 0 Å². The lowest BCUT2D eigenvalue weighted by Gasteiger charge is -2.36. The summed E-state index contributed by atoms with van der Waals surface area (Å²) in [6.07, 6.45) is 3.65. The van der Waals surface area contributed by atoms with Gasteiger partial charge in [-0.2, -0.15) is 0 Å². The van der Waals surface area contributed by atoms with Crippen molar-refractivity contribution >= 4 is 11.7 Å². The molecular weight excluding hydrogens is 280 g/mol. The SMILES string of the molecule is CC(C)(C)OC(=O)N1CCNCC1c1cn2ccccc2n1. The molecule has 0 bridgehead atoms. The number of amides is 1. The van der Waals surface area contributed by atoms with E-state index in [4.69, 9.17) is 4.74 Å². The van der Waals surface area contributed by atoms with Crippen LogP contribution in [0.3, 0.4) is 0 Å². The molecule has 22 heavy (non-hydrogen) atoms. The Balaban J connectivity index is 1.87. The number of aromatic nitrogens is 2. The van der Waals surface area contributed by atoms with E-state index in [0.717, 1.165) is 17.9 Å². The van der Waals surface area contributed by atoms with Crippen LogP contribution in [-0.2, 0) is 4.74 Å². The van der Waals surface area contributed by atoms with Crippen molar-refractivity contribution in [3.8, 4) is 0 Å². The molecule has 2 aromatic heterocycles. The smallest absolute Gasteiger partial charge is 0.410 e. The zero-order valence-electron chi connectivity index (χ0n) is 13.2. The molecule has 0 aliphatic carbocycles. The normalized spacial score (nSPS) is 19.4. The van der Waals surface area contributed by atoms with E-state index < -0.39 is 5.60 Å². The first-order valence-corrected chi connectivity index (χ1v) is 7.58. The van der Waals surface area contributed by atoms with E-state index in [1.165, 1.54) is 0 Å². The van der Waals surface area contributed by atoms with Gasteiger partial charge in [0.1, 0.15) is 11.2 Å². The maximum Gasteiger partial charge on any atom is 0.410 e. The standard InChI is InChI=1S/C16H22N4O2/c1-16(2,3)22-15(21)20-9-7-17-10-13(20)12-11-19-8-5-4-6-14(19)18-12/h4-6,8,11,13,17H,7,9-10H2,1-3H3. The van der Waals surface area contributed by atoms with Crippen LogP contribution in [0.2, 0.25) is 0 Å². The molecule has 1 unspecified atom stereocenters. The van der Waals surface area contributed by atoms with Crippen molar-refractivity contribution < 1.29 is 9.53 Å². The number of fused-ring (bicyclic) bond motifs is 1. The van der Waals surface area contributed by atoms with Crippen molar-refractivity contribution in [2.75, 3.05) is 19.6 Å². The third kappa shape index (κ3) is 3.06. The van der Waals surface area contributed by atoms with E-state index in [9.17, 15) is 4.79 Å². The van der Waals surface area contributed by atoms with Crippen LogP contribution in [0.15, 0.2) is 30.6 Å². The quantitative estimate of drug-likeness (QED) is 0.877. The fraction of sp³-hybridized carbons (Fsp3) is 0.500. The summed E-state index contributed by atoms with van der Waals surface area (Å²) in [7, 11) is 0. The molecular formula is C16H22N4O2. The van der Waals surface area contributed by atoms with Gasteiger partial charge in [-0.05, 0) is 32.9 Å². The molecule has 0 saturated carbocycles. The Labute approximate surface area is 130 Å². The molecule has 1 fully saturated rings. The number of nitrogens with one attached hydrogen (secondary N) is 1. The number of ether oxygens (including phenoxy) is 1. The first-order valence-electron chi connectivity index (χ1n) is 7.58. The Hall–Kier alpha value is -2.08. The molecule has 6 nitrogen and oxygen atoms in total. The molecule has 0 aromatic carbocycles. The molecule has 1 saturated heterocycles. The van der Waals surface area contributed by atoms with Crippen molar-refractivity contribution in [3.63, 3.8) is 0 Å². The molecule has 1 atom stereocenters. The zero-order chi connectivity index (χ0) is 15.7. The lowest BCUT2D eigenvalue weighted by atomic mass is 10.1. The van der Waals surface area contributed by atoms with E-state index in [0.29, 0.717) is 13.1 Å². The van der Waals surface area contributed by atoms with Crippen molar-refractivity contribution in [1.29, 1.82) is 0 Å². The fourth-order valence-electron chi connectivity index (χ4n) is 2.62. The van der Waals surface area contributed by atoms with E-state index in [-0.39, 0.29) is 12.1 Å². The molecule has 1 aliphatic heterocycles. The summed E-state index contributed by atoms with van der Waals surface area (Å²) in [6, 6.07) is 5.76. The monoisotopic (exact) mass is 302 g/mol. The third-order valence-electron chi connectivity index (χ3n) is 3.60. The van der Waals surface area contributed by atoms with Gasteiger partial charge in [-0.1, -0.05) is 6.07 Å². The molecule has 0 radical (unpaired) electrons. The van der Waals surface area contributed by atoms with Gasteiger partial charge in [-0.15, -0.1) is 0 Å². The fourth-order valence-corrected chi connectivity index (χ4v) is 2.62. The molecule has 3 heterocycles. The van der Waals surface area contributed by atoms with Crippen LogP contribution in [0.1, 0.15) is 32.5 Å². The minimum atomic E-state index is -0.495. The molecule has 1 aliphatic rings. The number of nitrogens with zero attached hydrogens (tertiary/aromatic N) is 3. The number of carbonyl (C=O) groups is 1. The maximum absolute atomic E-state index is 12.5. The largest absolute Gasteiger partial charge is 0.444 e. The number of pyridine rings is 1. The third-order valence-corrected chi connectivity index (χ3v) is 3.60. The minimum absolute atomic E-state index is 0.108. The summed E-state index contributed by atoms with van der Waals surface area (Å²) in [5.74, 6) is 0. The van der Waals surface area contributed by atoms with Crippen LogP contribution in [0, 0.1) is 0 Å². The van der Waals surface area contributed by atoms with Gasteiger partial charge in [-0.25, -0.2) is 9.78 Å². The number of imidazole rings is 1. The first kappa shape index (κ1) is 14.8. The van der Waals surface area contributed by atoms with E-state index in [1.54, 1.807) is 4.90 Å². The van der Waals surface area contributed by atoms with Crippen molar-refractivity contribution in [3.05, 3.63) is 36.3 Å². The summed E-state index contributed by atoms with van der Waals surface area (Å²) >= 11 is 0. The predicted octanol–water partition coefficient (Wildman–Crippen LogP) is 2.22. The molecule has 6 heteroatoms. The maximum atomic E-state index is 12.5. The number of carbonyl (C=O) groups excluding carboxylic acids is 1. The average Bonchev–Trinajstić information content (AvgIpc) is 2.89. The number of rotatable bonds is 1. The van der Waals surface area contributed by atoms with E-state index in [1.807, 2.05) is 55.8 Å². The second-order valence-electron chi connectivity index (χ2n) is 6.53. The van der Waals surface area contributed by atoms with Gasteiger partial charge in [0.2, 0.25) is 0 Å². The second-order valence-corrected chi connectivity index (χ2v) is 6.53. The number of hydrogen-bond donors (Lipinski definition) is 1. The highest BCUT2D eigenvalue weighted by Crippen LogP contribution is 2.24. The van der Waals surface area contributed by atoms with Gasteiger partial charge in [0.15, 0.2) is 0 Å². The van der Waals surface area contributed by atoms with Crippen LogP contribution in [0.4, 0.5) is 4.79 Å². The highest BCUT2D eigenvalue weighted by Gasteiger charge is 2.32. The van der Waals surface area contributed by atoms with Crippen LogP contribution in [0.5, 0.6) is 0 Å². The molecule has 0 spiro atoms. The average molecular weight is 302 g/mol. The summed E-state index contributed by atoms with van der Waals surface area (Å²) in [4.78, 5) is 18.9. The van der Waals surface area contributed by atoms with Crippen LogP contribution < -0.4 is 5.32 Å². The molecule has 3 rings (SSSR count). The predicted molar refractivity (Wildman–Crippen MR) is 83.7 cm³/mol. The Morgan fingerprint density at radius 3 is 2.95 bits per heavy atom. The summed E-state index contributed by atoms with van der Waals surface area (Å²) in [5, 5.41) is 3.33. The molecule has 118 valence electrons. The first-order chi connectivity index (χ1) is 10.4. The Bertz CT molecular complexity index is 641. The number of piperazine rings is 1. The lowest BCUT2D eigenvalue weighted by Crippen LogP contribution is -2.50. The highest BCUT2D eigenvalue weighted by atomic mass is 16.6. The highest BCUT2D eigenvalue weighted by molar-refractivity contribution is 5.69. The van der Waals surface area contributed by atoms with Crippen molar-refractivity contribution in [2.24, 2.45) is 0 Å². The zero-order valence-corrected chi connectivity index (χ0v) is 13.2. The van der Waals surface area contributed by atoms with Gasteiger partial charge >= 0.3 is 6.09 Å². The second kappa shape index (κ2) is 5.61. The number of hydrogen-bond acceptors (Lipinski definition) is 4. The van der Waals surface area contributed by atoms with Gasteiger partial charge in [0, 0.05) is 32.0 Å². The minimum Gasteiger partial charge on any atom is -0.444 e.